The van der Waals surface area contributed by atoms with Crippen LogP contribution in [-0.4, -0.2) is 20.1 Å². The van der Waals surface area contributed by atoms with Crippen molar-refractivity contribution in [3.05, 3.63) is 57.9 Å². The molecule has 0 spiro atoms. The van der Waals surface area contributed by atoms with Gasteiger partial charge in [0.15, 0.2) is 5.65 Å². The Kier molecular flexibility index (Phi) is 4.56. The molecule has 1 amide bonds. The Balaban J connectivity index is 1.85. The molecule has 2 aromatic heterocycles. The summed E-state index contributed by atoms with van der Waals surface area (Å²) in [5.74, 6) is -0.617. The average Bonchev–Trinajstić information content (AvgIpc) is 3.40. The first-order chi connectivity index (χ1) is 13.6. The molecular formula is C22H25FN4O2. The molecule has 0 bridgehead atoms. The number of nitrogens with zero attached hydrogens (tertiary/aromatic N) is 3. The van der Waals surface area contributed by atoms with Gasteiger partial charge in [-0.05, 0) is 71.6 Å². The lowest BCUT2D eigenvalue weighted by molar-refractivity contribution is 0.1000. The van der Waals surface area contributed by atoms with E-state index in [1.807, 2.05) is 20.8 Å². The minimum atomic E-state index is -0.671. The van der Waals surface area contributed by atoms with Crippen molar-refractivity contribution in [1.82, 2.24) is 14.2 Å². The van der Waals surface area contributed by atoms with Crippen molar-refractivity contribution in [1.29, 1.82) is 0 Å². The van der Waals surface area contributed by atoms with Crippen LogP contribution in [0.4, 0.5) is 4.39 Å². The van der Waals surface area contributed by atoms with E-state index in [0.29, 0.717) is 41.2 Å². The first-order valence-corrected chi connectivity index (χ1v) is 9.84. The zero-order chi connectivity index (χ0) is 20.9. The number of rotatable bonds is 5. The number of primary amides is 1. The fraction of sp³-hybridized carbons (Fsp3) is 0.409. The zero-order valence-corrected chi connectivity index (χ0v) is 16.9. The highest BCUT2D eigenvalue weighted by atomic mass is 19.1. The lowest BCUT2D eigenvalue weighted by Gasteiger charge is -2.16. The summed E-state index contributed by atoms with van der Waals surface area (Å²) in [7, 11) is 0. The number of amides is 1. The molecule has 1 aliphatic rings. The maximum Gasteiger partial charge on any atom is 0.350 e. The van der Waals surface area contributed by atoms with Crippen molar-refractivity contribution in [3.63, 3.8) is 0 Å². The van der Waals surface area contributed by atoms with E-state index in [2.05, 4.69) is 5.10 Å². The number of halogens is 1. The average molecular weight is 396 g/mol. The fourth-order valence-electron chi connectivity index (χ4n) is 3.59. The molecule has 0 aliphatic heterocycles. The fourth-order valence-corrected chi connectivity index (χ4v) is 3.59. The third-order valence-corrected chi connectivity index (χ3v) is 5.19. The van der Waals surface area contributed by atoms with Gasteiger partial charge in [-0.15, -0.1) is 5.10 Å². The predicted octanol–water partition coefficient (Wildman–Crippen LogP) is 3.40. The summed E-state index contributed by atoms with van der Waals surface area (Å²) in [5.41, 5.74) is 7.63. The van der Waals surface area contributed by atoms with Gasteiger partial charge < -0.3 is 5.73 Å². The van der Waals surface area contributed by atoms with Crippen LogP contribution in [-0.2, 0) is 13.0 Å². The molecule has 0 saturated heterocycles. The Bertz CT molecular complexity index is 1170. The van der Waals surface area contributed by atoms with Gasteiger partial charge in [-0.25, -0.2) is 13.9 Å². The molecule has 3 aromatic rings. The number of carbonyl (C=O) groups is 1. The highest BCUT2D eigenvalue weighted by Gasteiger charge is 2.26. The van der Waals surface area contributed by atoms with Gasteiger partial charge in [-0.3, -0.25) is 9.20 Å². The van der Waals surface area contributed by atoms with Gasteiger partial charge in [0, 0.05) is 11.8 Å². The van der Waals surface area contributed by atoms with E-state index >= 15 is 0 Å². The Hall–Kier alpha value is -2.96. The Morgan fingerprint density at radius 1 is 1.28 bits per heavy atom. The molecule has 2 N–H and O–H groups in total. The van der Waals surface area contributed by atoms with Gasteiger partial charge in [-0.2, -0.15) is 0 Å². The van der Waals surface area contributed by atoms with Gasteiger partial charge in [0.1, 0.15) is 5.82 Å². The van der Waals surface area contributed by atoms with Crippen LogP contribution in [0.3, 0.4) is 0 Å². The van der Waals surface area contributed by atoms with E-state index in [0.717, 1.165) is 12.8 Å². The van der Waals surface area contributed by atoms with E-state index in [1.54, 1.807) is 24.4 Å². The van der Waals surface area contributed by atoms with Crippen LogP contribution in [0.1, 0.15) is 49.5 Å². The minimum Gasteiger partial charge on any atom is -0.366 e. The number of pyridine rings is 1. The van der Waals surface area contributed by atoms with Crippen molar-refractivity contribution in [3.8, 4) is 11.1 Å². The molecule has 1 aliphatic carbocycles. The smallest absolute Gasteiger partial charge is 0.350 e. The summed E-state index contributed by atoms with van der Waals surface area (Å²) >= 11 is 0. The summed E-state index contributed by atoms with van der Waals surface area (Å²) in [4.78, 5) is 24.3. The second kappa shape index (κ2) is 6.83. The predicted molar refractivity (Wildman–Crippen MR) is 109 cm³/mol. The number of nitrogens with two attached hydrogens (primary N) is 1. The Morgan fingerprint density at radius 2 is 2.00 bits per heavy atom. The van der Waals surface area contributed by atoms with E-state index in [9.17, 15) is 14.0 Å². The summed E-state index contributed by atoms with van der Waals surface area (Å²) in [6.45, 7) is 6.60. The lowest BCUT2D eigenvalue weighted by Crippen LogP contribution is -2.27. The standard InChI is InChI=1S/C22H25FN4O2/c1-22(2,3)12-27-21(29)26-7-6-14(11-19(26)25-27)16-9-15(20(24)28)10-18(23)17(16)8-13-4-5-13/h6-7,9-11,13H,4-5,8,12H2,1-3H3,(H2,24,28). The quantitative estimate of drug-likeness (QED) is 0.718. The summed E-state index contributed by atoms with van der Waals surface area (Å²) in [5, 5.41) is 4.45. The normalized spacial score (nSPS) is 14.5. The van der Waals surface area contributed by atoms with Gasteiger partial charge in [0.2, 0.25) is 5.91 Å². The maximum absolute atomic E-state index is 14.8. The Labute approximate surface area is 168 Å². The van der Waals surface area contributed by atoms with E-state index in [4.69, 9.17) is 5.73 Å². The van der Waals surface area contributed by atoms with E-state index in [-0.39, 0.29) is 16.7 Å². The first-order valence-electron chi connectivity index (χ1n) is 9.84. The number of carbonyl (C=O) groups excluding carboxylic acids is 1. The van der Waals surface area contributed by atoms with Crippen molar-refractivity contribution in [2.24, 2.45) is 17.1 Å². The van der Waals surface area contributed by atoms with Crippen LogP contribution in [0, 0.1) is 17.2 Å². The maximum atomic E-state index is 14.8. The highest BCUT2D eigenvalue weighted by Crippen LogP contribution is 2.37. The lowest BCUT2D eigenvalue weighted by atomic mass is 9.93. The molecule has 152 valence electrons. The zero-order valence-electron chi connectivity index (χ0n) is 16.9. The number of benzene rings is 1. The molecule has 6 nitrogen and oxygen atoms in total. The monoisotopic (exact) mass is 396 g/mol. The molecule has 0 radical (unpaired) electrons. The highest BCUT2D eigenvalue weighted by molar-refractivity contribution is 5.94. The third kappa shape index (κ3) is 3.95. The molecule has 29 heavy (non-hydrogen) atoms. The molecule has 7 heteroatoms. The van der Waals surface area contributed by atoms with E-state index in [1.165, 1.54) is 15.1 Å². The second-order valence-electron chi connectivity index (χ2n) is 9.14. The number of hydrogen-bond donors (Lipinski definition) is 1. The van der Waals surface area contributed by atoms with Crippen molar-refractivity contribution in [2.75, 3.05) is 0 Å². The Morgan fingerprint density at radius 3 is 2.62 bits per heavy atom. The summed E-state index contributed by atoms with van der Waals surface area (Å²) in [6, 6.07) is 6.37. The second-order valence-corrected chi connectivity index (χ2v) is 9.14. The first kappa shape index (κ1) is 19.4. The van der Waals surface area contributed by atoms with Crippen LogP contribution in [0.2, 0.25) is 0 Å². The largest absolute Gasteiger partial charge is 0.366 e. The van der Waals surface area contributed by atoms with Crippen LogP contribution >= 0.6 is 0 Å². The van der Waals surface area contributed by atoms with Crippen molar-refractivity contribution >= 4 is 11.6 Å². The van der Waals surface area contributed by atoms with Crippen LogP contribution in [0.25, 0.3) is 16.8 Å². The summed E-state index contributed by atoms with van der Waals surface area (Å²) in [6.07, 6.45) is 4.44. The minimum absolute atomic E-state index is 0.0963. The molecule has 2 heterocycles. The van der Waals surface area contributed by atoms with Gasteiger partial charge >= 0.3 is 5.69 Å². The molecule has 1 fully saturated rings. The van der Waals surface area contributed by atoms with Crippen molar-refractivity contribution < 1.29 is 9.18 Å². The molecule has 0 unspecified atom stereocenters. The van der Waals surface area contributed by atoms with Crippen LogP contribution in [0.5, 0.6) is 0 Å². The third-order valence-electron chi connectivity index (χ3n) is 5.19. The summed E-state index contributed by atoms with van der Waals surface area (Å²) < 4.78 is 17.8. The molecule has 0 atom stereocenters. The number of hydrogen-bond acceptors (Lipinski definition) is 3. The SMILES string of the molecule is CC(C)(C)Cn1nc2cc(-c3cc(C(N)=O)cc(F)c3CC3CC3)ccn2c1=O. The van der Waals surface area contributed by atoms with Gasteiger partial charge in [0.05, 0.1) is 6.54 Å². The molecule has 1 aromatic carbocycles. The van der Waals surface area contributed by atoms with E-state index < -0.39 is 11.7 Å². The van der Waals surface area contributed by atoms with Crippen LogP contribution < -0.4 is 11.4 Å². The topological polar surface area (TPSA) is 82.4 Å². The van der Waals surface area contributed by atoms with Crippen LogP contribution in [0.15, 0.2) is 35.3 Å². The molecular weight excluding hydrogens is 371 g/mol. The number of aromatic nitrogens is 3. The van der Waals surface area contributed by atoms with Crippen molar-refractivity contribution in [2.45, 2.75) is 46.6 Å². The molecule has 1 saturated carbocycles. The van der Waals surface area contributed by atoms with Gasteiger partial charge in [-0.1, -0.05) is 20.8 Å². The molecule has 4 rings (SSSR count). The number of fused-ring (bicyclic) bond motifs is 1. The van der Waals surface area contributed by atoms with Gasteiger partial charge in [0.25, 0.3) is 0 Å².